The number of aromatic nitrogens is 3. The fourth-order valence-electron chi connectivity index (χ4n) is 2.12. The van der Waals surface area contributed by atoms with Crippen LogP contribution in [0.25, 0.3) is 21.8 Å². The number of nitrogens with two attached hydrogens (primary N) is 1. The van der Waals surface area contributed by atoms with Crippen LogP contribution in [0.15, 0.2) is 30.5 Å². The molecule has 3 rings (SSSR count). The SMILES string of the molecule is CNC.Cc1nc(C)c(-c2cnc(-c3cccc(Cl)c3)nc2N)s1. The van der Waals surface area contributed by atoms with Gasteiger partial charge in [0.05, 0.1) is 21.1 Å². The van der Waals surface area contributed by atoms with Crippen molar-refractivity contribution < 1.29 is 0 Å². The number of nitrogen functional groups attached to an aromatic ring is 1. The Hall–Kier alpha value is -2.02. The van der Waals surface area contributed by atoms with Crippen molar-refractivity contribution in [1.29, 1.82) is 0 Å². The van der Waals surface area contributed by atoms with E-state index in [1.165, 1.54) is 0 Å². The summed E-state index contributed by atoms with van der Waals surface area (Å²) in [6, 6.07) is 7.40. The maximum atomic E-state index is 6.10. The molecule has 3 aromatic rings. The Morgan fingerprint density at radius 2 is 1.88 bits per heavy atom. The average molecular weight is 362 g/mol. The average Bonchev–Trinajstić information content (AvgIpc) is 2.86. The van der Waals surface area contributed by atoms with Gasteiger partial charge in [0.1, 0.15) is 5.82 Å². The Balaban J connectivity index is 0.000000647. The van der Waals surface area contributed by atoms with Crippen LogP contribution < -0.4 is 11.1 Å². The molecule has 24 heavy (non-hydrogen) atoms. The Morgan fingerprint density at radius 1 is 1.17 bits per heavy atom. The lowest BCUT2D eigenvalue weighted by atomic mass is 10.2. The topological polar surface area (TPSA) is 76.7 Å². The van der Waals surface area contributed by atoms with Crippen molar-refractivity contribution in [3.8, 4) is 21.8 Å². The number of halogens is 1. The highest BCUT2D eigenvalue weighted by atomic mass is 35.5. The van der Waals surface area contributed by atoms with Crippen LogP contribution >= 0.6 is 22.9 Å². The maximum Gasteiger partial charge on any atom is 0.161 e. The van der Waals surface area contributed by atoms with Crippen LogP contribution in [0.5, 0.6) is 0 Å². The van der Waals surface area contributed by atoms with E-state index in [0.29, 0.717) is 16.7 Å². The summed E-state index contributed by atoms with van der Waals surface area (Å²) in [5.41, 5.74) is 8.72. The molecular formula is C17H20ClN5S. The van der Waals surface area contributed by atoms with Crippen molar-refractivity contribution >= 4 is 28.8 Å². The molecule has 1 aromatic carbocycles. The van der Waals surface area contributed by atoms with E-state index < -0.39 is 0 Å². The van der Waals surface area contributed by atoms with Crippen molar-refractivity contribution in [2.75, 3.05) is 19.8 Å². The van der Waals surface area contributed by atoms with Crippen LogP contribution in [0.4, 0.5) is 5.82 Å². The van der Waals surface area contributed by atoms with Gasteiger partial charge in [-0.2, -0.15) is 0 Å². The highest BCUT2D eigenvalue weighted by Crippen LogP contribution is 2.33. The third-order valence-corrected chi connectivity index (χ3v) is 4.39. The monoisotopic (exact) mass is 361 g/mol. The molecule has 0 bridgehead atoms. The van der Waals surface area contributed by atoms with Gasteiger partial charge in [-0.1, -0.05) is 23.7 Å². The molecule has 0 atom stereocenters. The van der Waals surface area contributed by atoms with Crippen LogP contribution in [0.3, 0.4) is 0 Å². The second-order valence-electron chi connectivity index (χ2n) is 5.15. The molecule has 0 fully saturated rings. The Kier molecular flexibility index (Phi) is 6.25. The quantitative estimate of drug-likeness (QED) is 0.722. The van der Waals surface area contributed by atoms with Gasteiger partial charge >= 0.3 is 0 Å². The number of benzene rings is 1. The van der Waals surface area contributed by atoms with Crippen molar-refractivity contribution in [2.24, 2.45) is 0 Å². The summed E-state index contributed by atoms with van der Waals surface area (Å²) in [5, 5.41) is 4.40. The lowest BCUT2D eigenvalue weighted by molar-refractivity contribution is 1.02. The minimum Gasteiger partial charge on any atom is -0.383 e. The summed E-state index contributed by atoms with van der Waals surface area (Å²) in [5.74, 6) is 1.02. The first-order chi connectivity index (χ1) is 11.5. The standard InChI is InChI=1S/C15H13ClN4S.C2H7N/c1-8-13(21-9(2)19-8)12-7-18-15(20-14(12)17)10-4-3-5-11(16)6-10;1-3-2/h3-7H,1-2H3,(H2,17,18,20);3H,1-2H3. The fourth-order valence-corrected chi connectivity index (χ4v) is 3.25. The van der Waals surface area contributed by atoms with E-state index in [0.717, 1.165) is 26.7 Å². The smallest absolute Gasteiger partial charge is 0.161 e. The largest absolute Gasteiger partial charge is 0.383 e. The van der Waals surface area contributed by atoms with Crippen molar-refractivity contribution in [3.63, 3.8) is 0 Å². The first kappa shape index (κ1) is 18.3. The summed E-state index contributed by atoms with van der Waals surface area (Å²) in [6.07, 6.45) is 1.75. The molecule has 0 radical (unpaired) electrons. The molecule has 5 nitrogen and oxygen atoms in total. The molecule has 0 unspecified atom stereocenters. The van der Waals surface area contributed by atoms with E-state index in [9.17, 15) is 0 Å². The molecule has 2 aromatic heterocycles. The van der Waals surface area contributed by atoms with Crippen LogP contribution in [0, 0.1) is 13.8 Å². The Labute approximate surface area is 151 Å². The fraction of sp³-hybridized carbons (Fsp3) is 0.235. The molecule has 0 aliphatic heterocycles. The highest BCUT2D eigenvalue weighted by Gasteiger charge is 2.13. The molecule has 0 spiro atoms. The highest BCUT2D eigenvalue weighted by molar-refractivity contribution is 7.15. The van der Waals surface area contributed by atoms with Gasteiger partial charge < -0.3 is 11.1 Å². The minimum absolute atomic E-state index is 0.451. The molecule has 7 heteroatoms. The van der Waals surface area contributed by atoms with Gasteiger partial charge in [-0.05, 0) is 40.1 Å². The van der Waals surface area contributed by atoms with E-state index >= 15 is 0 Å². The second kappa shape index (κ2) is 8.19. The molecule has 0 amide bonds. The van der Waals surface area contributed by atoms with Crippen LogP contribution in [-0.4, -0.2) is 29.0 Å². The predicted octanol–water partition coefficient (Wildman–Crippen LogP) is 3.96. The zero-order valence-electron chi connectivity index (χ0n) is 14.1. The van der Waals surface area contributed by atoms with Gasteiger partial charge in [-0.3, -0.25) is 0 Å². The number of rotatable bonds is 2. The molecule has 3 N–H and O–H groups in total. The second-order valence-corrected chi connectivity index (χ2v) is 6.79. The lowest BCUT2D eigenvalue weighted by Gasteiger charge is -2.06. The first-order valence-electron chi connectivity index (χ1n) is 7.37. The van der Waals surface area contributed by atoms with Gasteiger partial charge in [0.25, 0.3) is 0 Å². The third kappa shape index (κ3) is 4.29. The van der Waals surface area contributed by atoms with Gasteiger partial charge in [0.15, 0.2) is 5.82 Å². The van der Waals surface area contributed by atoms with Crippen molar-refractivity contribution in [3.05, 3.63) is 46.2 Å². The third-order valence-electron chi connectivity index (χ3n) is 3.05. The Morgan fingerprint density at radius 3 is 2.42 bits per heavy atom. The van der Waals surface area contributed by atoms with Gasteiger partial charge in [0.2, 0.25) is 0 Å². The summed E-state index contributed by atoms with van der Waals surface area (Å²) < 4.78 is 0. The predicted molar refractivity (Wildman–Crippen MR) is 102 cm³/mol. The number of anilines is 1. The summed E-state index contributed by atoms with van der Waals surface area (Å²) in [6.45, 7) is 3.93. The molecular weight excluding hydrogens is 342 g/mol. The molecule has 0 saturated carbocycles. The number of nitrogens with one attached hydrogen (secondary N) is 1. The van der Waals surface area contributed by atoms with Crippen molar-refractivity contribution in [2.45, 2.75) is 13.8 Å². The number of nitrogens with zero attached hydrogens (tertiary/aromatic N) is 3. The van der Waals surface area contributed by atoms with Gasteiger partial charge in [-0.15, -0.1) is 11.3 Å². The summed E-state index contributed by atoms with van der Waals surface area (Å²) in [7, 11) is 3.75. The van der Waals surface area contributed by atoms with E-state index in [1.807, 2.05) is 52.2 Å². The van der Waals surface area contributed by atoms with Crippen LogP contribution in [0.1, 0.15) is 10.7 Å². The van der Waals surface area contributed by atoms with E-state index in [4.69, 9.17) is 17.3 Å². The number of aryl methyl sites for hydroxylation is 2. The zero-order chi connectivity index (χ0) is 17.7. The first-order valence-corrected chi connectivity index (χ1v) is 8.57. The van der Waals surface area contributed by atoms with E-state index in [2.05, 4.69) is 20.3 Å². The van der Waals surface area contributed by atoms with Crippen LogP contribution in [-0.2, 0) is 0 Å². The normalized spacial score (nSPS) is 10.2. The summed E-state index contributed by atoms with van der Waals surface area (Å²) in [4.78, 5) is 14.2. The van der Waals surface area contributed by atoms with Crippen LogP contribution in [0.2, 0.25) is 5.02 Å². The summed E-state index contributed by atoms with van der Waals surface area (Å²) >= 11 is 7.59. The molecule has 0 aliphatic rings. The number of hydrogen-bond acceptors (Lipinski definition) is 6. The van der Waals surface area contributed by atoms with Crippen molar-refractivity contribution in [1.82, 2.24) is 20.3 Å². The molecule has 0 aliphatic carbocycles. The molecule has 0 saturated heterocycles. The van der Waals surface area contributed by atoms with E-state index in [1.54, 1.807) is 17.5 Å². The Bertz CT molecular complexity index is 832. The lowest BCUT2D eigenvalue weighted by Crippen LogP contribution is -1.98. The zero-order valence-corrected chi connectivity index (χ0v) is 15.7. The van der Waals surface area contributed by atoms with Gasteiger partial charge in [-0.25, -0.2) is 15.0 Å². The van der Waals surface area contributed by atoms with Gasteiger partial charge in [0, 0.05) is 16.8 Å². The number of thiazole rings is 1. The molecule has 126 valence electrons. The molecule has 2 heterocycles. The van der Waals surface area contributed by atoms with E-state index in [-0.39, 0.29) is 0 Å². The number of hydrogen-bond donors (Lipinski definition) is 2. The maximum absolute atomic E-state index is 6.10. The minimum atomic E-state index is 0.451.